The second kappa shape index (κ2) is 5.31. The van der Waals surface area contributed by atoms with Gasteiger partial charge in [0.1, 0.15) is 23.8 Å². The summed E-state index contributed by atoms with van der Waals surface area (Å²) in [6.45, 7) is 4.08. The molecule has 7 heteroatoms. The number of aromatic nitrogens is 5. The van der Waals surface area contributed by atoms with Crippen molar-refractivity contribution in [1.29, 1.82) is 0 Å². The van der Waals surface area contributed by atoms with Crippen LogP contribution in [0.5, 0.6) is 0 Å². The molecule has 0 amide bonds. The highest BCUT2D eigenvalue weighted by atomic mass is 15.3. The molecule has 1 saturated carbocycles. The van der Waals surface area contributed by atoms with E-state index in [0.29, 0.717) is 5.92 Å². The third kappa shape index (κ3) is 2.68. The van der Waals surface area contributed by atoms with E-state index in [1.165, 1.54) is 12.8 Å². The number of hydrogen-bond acceptors (Lipinski definition) is 6. The standard InChI is InChI=1S/C14H21N7/c1-8-11(15-3)18-13(10-5-6-10)19-12(8)17-9(2)14-20-16-7-21(14)4/h7,9-10H,5-6H2,1-4H3,(H2,15,17,18,19). The first-order valence-electron chi connectivity index (χ1n) is 7.27. The molecule has 21 heavy (non-hydrogen) atoms. The summed E-state index contributed by atoms with van der Waals surface area (Å²) in [6, 6.07) is 0.0304. The van der Waals surface area contributed by atoms with Crippen molar-refractivity contribution in [3.8, 4) is 0 Å². The van der Waals surface area contributed by atoms with Crippen LogP contribution in [0.15, 0.2) is 6.33 Å². The molecule has 2 N–H and O–H groups in total. The summed E-state index contributed by atoms with van der Waals surface area (Å²) in [5.41, 5.74) is 1.02. The van der Waals surface area contributed by atoms with E-state index < -0.39 is 0 Å². The average molecular weight is 287 g/mol. The Morgan fingerprint density at radius 1 is 1.29 bits per heavy atom. The molecule has 0 aromatic carbocycles. The first-order valence-corrected chi connectivity index (χ1v) is 7.27. The lowest BCUT2D eigenvalue weighted by Crippen LogP contribution is -2.15. The highest BCUT2D eigenvalue weighted by molar-refractivity contribution is 5.57. The summed E-state index contributed by atoms with van der Waals surface area (Å²) in [6.07, 6.45) is 4.07. The SMILES string of the molecule is CNc1nc(C2CC2)nc(NC(C)c2nncn2C)c1C. The molecule has 1 atom stereocenters. The molecule has 0 spiro atoms. The molecule has 0 saturated heterocycles. The Balaban J connectivity index is 1.90. The van der Waals surface area contributed by atoms with Crippen molar-refractivity contribution in [2.45, 2.75) is 38.6 Å². The predicted octanol–water partition coefficient (Wildman–Crippen LogP) is 2.01. The lowest BCUT2D eigenvalue weighted by atomic mass is 10.2. The first-order chi connectivity index (χ1) is 10.1. The van der Waals surface area contributed by atoms with Crippen LogP contribution in [0, 0.1) is 6.92 Å². The zero-order valence-corrected chi connectivity index (χ0v) is 12.9. The minimum Gasteiger partial charge on any atom is -0.373 e. The van der Waals surface area contributed by atoms with E-state index in [4.69, 9.17) is 4.98 Å². The van der Waals surface area contributed by atoms with Crippen molar-refractivity contribution >= 4 is 11.6 Å². The Hall–Kier alpha value is -2.18. The van der Waals surface area contributed by atoms with Crippen LogP contribution in [0.2, 0.25) is 0 Å². The summed E-state index contributed by atoms with van der Waals surface area (Å²) in [4.78, 5) is 9.31. The molecule has 1 unspecified atom stereocenters. The third-order valence-corrected chi connectivity index (χ3v) is 3.83. The van der Waals surface area contributed by atoms with E-state index in [2.05, 4.69) is 32.7 Å². The molecular formula is C14H21N7. The van der Waals surface area contributed by atoms with Gasteiger partial charge in [0.2, 0.25) is 0 Å². The molecule has 2 aromatic heterocycles. The quantitative estimate of drug-likeness (QED) is 0.875. The zero-order chi connectivity index (χ0) is 15.0. The van der Waals surface area contributed by atoms with Gasteiger partial charge >= 0.3 is 0 Å². The van der Waals surface area contributed by atoms with Gasteiger partial charge in [0, 0.05) is 25.6 Å². The fourth-order valence-electron chi connectivity index (χ4n) is 2.40. The van der Waals surface area contributed by atoms with E-state index in [1.807, 2.05) is 25.6 Å². The van der Waals surface area contributed by atoms with Gasteiger partial charge in [-0.05, 0) is 26.7 Å². The Kier molecular flexibility index (Phi) is 3.48. The summed E-state index contributed by atoms with van der Waals surface area (Å²) in [7, 11) is 3.83. The second-order valence-electron chi connectivity index (χ2n) is 5.59. The average Bonchev–Trinajstić information content (AvgIpc) is 3.23. The maximum absolute atomic E-state index is 4.70. The summed E-state index contributed by atoms with van der Waals surface area (Å²) < 4.78 is 1.91. The van der Waals surface area contributed by atoms with Crippen molar-refractivity contribution in [1.82, 2.24) is 24.7 Å². The van der Waals surface area contributed by atoms with E-state index in [0.717, 1.165) is 28.8 Å². The van der Waals surface area contributed by atoms with Crippen LogP contribution >= 0.6 is 0 Å². The van der Waals surface area contributed by atoms with Gasteiger partial charge in [-0.1, -0.05) is 0 Å². The molecule has 1 aliphatic carbocycles. The minimum atomic E-state index is 0.0304. The molecule has 2 heterocycles. The van der Waals surface area contributed by atoms with Crippen molar-refractivity contribution in [3.63, 3.8) is 0 Å². The van der Waals surface area contributed by atoms with Crippen molar-refractivity contribution in [3.05, 3.63) is 23.5 Å². The Morgan fingerprint density at radius 2 is 2.00 bits per heavy atom. The summed E-state index contributed by atoms with van der Waals surface area (Å²) in [5, 5.41) is 14.7. The van der Waals surface area contributed by atoms with E-state index >= 15 is 0 Å². The maximum atomic E-state index is 4.70. The van der Waals surface area contributed by atoms with Crippen LogP contribution in [0.1, 0.15) is 48.9 Å². The highest BCUT2D eigenvalue weighted by Gasteiger charge is 2.28. The zero-order valence-electron chi connectivity index (χ0n) is 12.9. The monoisotopic (exact) mass is 287 g/mol. The molecule has 1 fully saturated rings. The van der Waals surface area contributed by atoms with E-state index in [1.54, 1.807) is 6.33 Å². The summed E-state index contributed by atoms with van der Waals surface area (Å²) >= 11 is 0. The van der Waals surface area contributed by atoms with Gasteiger partial charge < -0.3 is 15.2 Å². The number of nitrogens with zero attached hydrogens (tertiary/aromatic N) is 5. The van der Waals surface area contributed by atoms with Crippen molar-refractivity contribution < 1.29 is 0 Å². The van der Waals surface area contributed by atoms with Gasteiger partial charge in [-0.2, -0.15) is 0 Å². The largest absolute Gasteiger partial charge is 0.373 e. The molecular weight excluding hydrogens is 266 g/mol. The maximum Gasteiger partial charge on any atom is 0.154 e. The van der Waals surface area contributed by atoms with Crippen LogP contribution in [-0.2, 0) is 7.05 Å². The molecule has 7 nitrogen and oxygen atoms in total. The fourth-order valence-corrected chi connectivity index (χ4v) is 2.40. The molecule has 1 aliphatic rings. The van der Waals surface area contributed by atoms with Gasteiger partial charge in [-0.15, -0.1) is 10.2 Å². The Bertz CT molecular complexity index is 645. The van der Waals surface area contributed by atoms with Gasteiger partial charge in [0.25, 0.3) is 0 Å². The molecule has 0 aliphatic heterocycles. The van der Waals surface area contributed by atoms with Crippen LogP contribution in [0.4, 0.5) is 11.6 Å². The Morgan fingerprint density at radius 3 is 2.57 bits per heavy atom. The van der Waals surface area contributed by atoms with E-state index in [-0.39, 0.29) is 6.04 Å². The normalized spacial score (nSPS) is 15.8. The lowest BCUT2D eigenvalue weighted by molar-refractivity contribution is 0.713. The molecule has 112 valence electrons. The minimum absolute atomic E-state index is 0.0304. The first kappa shape index (κ1) is 13.8. The van der Waals surface area contributed by atoms with Crippen LogP contribution in [0.3, 0.4) is 0 Å². The number of nitrogens with one attached hydrogen (secondary N) is 2. The number of hydrogen-bond donors (Lipinski definition) is 2. The van der Waals surface area contributed by atoms with Gasteiger partial charge in [-0.3, -0.25) is 0 Å². The highest BCUT2D eigenvalue weighted by Crippen LogP contribution is 2.39. The van der Waals surface area contributed by atoms with E-state index in [9.17, 15) is 0 Å². The molecule has 2 aromatic rings. The smallest absolute Gasteiger partial charge is 0.154 e. The van der Waals surface area contributed by atoms with Gasteiger partial charge in [0.05, 0.1) is 6.04 Å². The topological polar surface area (TPSA) is 80.6 Å². The molecule has 0 bridgehead atoms. The lowest BCUT2D eigenvalue weighted by Gasteiger charge is -2.17. The molecule has 0 radical (unpaired) electrons. The predicted molar refractivity (Wildman–Crippen MR) is 81.3 cm³/mol. The van der Waals surface area contributed by atoms with Crippen molar-refractivity contribution in [2.24, 2.45) is 7.05 Å². The summed E-state index contributed by atoms with van der Waals surface area (Å²) in [5.74, 6) is 4.08. The number of anilines is 2. The van der Waals surface area contributed by atoms with Gasteiger partial charge in [0.15, 0.2) is 5.82 Å². The molecule has 3 rings (SSSR count). The fraction of sp³-hybridized carbons (Fsp3) is 0.571. The van der Waals surface area contributed by atoms with Crippen LogP contribution in [-0.4, -0.2) is 31.8 Å². The number of rotatable bonds is 5. The number of aryl methyl sites for hydroxylation is 1. The van der Waals surface area contributed by atoms with Crippen LogP contribution < -0.4 is 10.6 Å². The van der Waals surface area contributed by atoms with Crippen LogP contribution in [0.25, 0.3) is 0 Å². The Labute approximate surface area is 124 Å². The van der Waals surface area contributed by atoms with Crippen molar-refractivity contribution in [2.75, 3.05) is 17.7 Å². The van der Waals surface area contributed by atoms with Gasteiger partial charge in [-0.25, -0.2) is 9.97 Å². The second-order valence-corrected chi connectivity index (χ2v) is 5.59. The third-order valence-electron chi connectivity index (χ3n) is 3.83.